The number of hydrogen-bond acceptors (Lipinski definition) is 4. The Balaban J connectivity index is 1.50. The fourth-order valence-electron chi connectivity index (χ4n) is 4.23. The second-order valence-electron chi connectivity index (χ2n) is 9.03. The van der Waals surface area contributed by atoms with Crippen LogP contribution >= 0.6 is 0 Å². The second-order valence-corrected chi connectivity index (χ2v) is 9.03. The van der Waals surface area contributed by atoms with Gasteiger partial charge in [-0.3, -0.25) is 4.79 Å². The number of benzene rings is 3. The summed E-state index contributed by atoms with van der Waals surface area (Å²) in [6.07, 6.45) is -2.71. The topological polar surface area (TPSA) is 96.6 Å². The van der Waals surface area contributed by atoms with Gasteiger partial charge in [-0.05, 0) is 59.2 Å². The van der Waals surface area contributed by atoms with Gasteiger partial charge in [-0.15, -0.1) is 5.10 Å². The van der Waals surface area contributed by atoms with Crippen LogP contribution in [0.15, 0.2) is 85.1 Å². The lowest BCUT2D eigenvalue weighted by Gasteiger charge is -2.11. The first-order valence-electron chi connectivity index (χ1n) is 12.0. The summed E-state index contributed by atoms with van der Waals surface area (Å²) in [5.41, 5.74) is 2.69. The quantitative estimate of drug-likeness (QED) is 0.252. The first-order valence-corrected chi connectivity index (χ1v) is 12.0. The minimum atomic E-state index is -4.46. The first kappa shape index (κ1) is 26.5. The Hall–Kier alpha value is -5.06. The van der Waals surface area contributed by atoms with E-state index >= 15 is 0 Å². The van der Waals surface area contributed by atoms with Gasteiger partial charge in [-0.25, -0.2) is 13.7 Å². The van der Waals surface area contributed by atoms with Gasteiger partial charge >= 0.3 is 12.1 Å². The van der Waals surface area contributed by atoms with E-state index < -0.39 is 29.4 Å². The number of aromatic nitrogens is 3. The van der Waals surface area contributed by atoms with Crippen molar-refractivity contribution in [3.8, 4) is 11.1 Å². The predicted molar refractivity (Wildman–Crippen MR) is 137 cm³/mol. The van der Waals surface area contributed by atoms with Crippen LogP contribution in [0.2, 0.25) is 0 Å². The van der Waals surface area contributed by atoms with Crippen LogP contribution in [0.1, 0.15) is 43.1 Å². The van der Waals surface area contributed by atoms with E-state index in [2.05, 4.69) is 15.6 Å². The zero-order valence-corrected chi connectivity index (χ0v) is 20.6. The largest absolute Gasteiger partial charge is 0.478 e. The van der Waals surface area contributed by atoms with Gasteiger partial charge in [0.2, 0.25) is 0 Å². The molecule has 0 bridgehead atoms. The summed E-state index contributed by atoms with van der Waals surface area (Å²) >= 11 is 0. The Labute approximate surface area is 224 Å². The van der Waals surface area contributed by atoms with Crippen LogP contribution in [-0.2, 0) is 19.1 Å². The molecule has 1 amide bonds. The van der Waals surface area contributed by atoms with E-state index in [4.69, 9.17) is 5.11 Å². The summed E-state index contributed by atoms with van der Waals surface area (Å²) in [6, 6.07) is 18.0. The molecule has 5 rings (SSSR count). The number of halogens is 4. The fraction of sp³-hybridized carbons (Fsp3) is 0.103. The average molecular weight is 548 g/mol. The van der Waals surface area contributed by atoms with E-state index in [1.54, 1.807) is 36.5 Å². The molecule has 40 heavy (non-hydrogen) atoms. The number of pyridine rings is 1. The Kier molecular flexibility index (Phi) is 7.03. The van der Waals surface area contributed by atoms with Crippen molar-refractivity contribution in [1.29, 1.82) is 0 Å². The number of nitrogens with zero attached hydrogens (tertiary/aromatic N) is 3. The van der Waals surface area contributed by atoms with Crippen molar-refractivity contribution >= 4 is 17.4 Å². The monoisotopic (exact) mass is 548 g/mol. The maximum atomic E-state index is 13.5. The lowest BCUT2D eigenvalue weighted by molar-refractivity contribution is -0.137. The maximum absolute atomic E-state index is 13.5. The number of hydrogen-bond donors (Lipinski definition) is 2. The number of carboxylic acid groups (broad SMARTS) is 1. The molecule has 0 fully saturated rings. The highest BCUT2D eigenvalue weighted by atomic mass is 19.4. The third-order valence-corrected chi connectivity index (χ3v) is 6.31. The van der Waals surface area contributed by atoms with Crippen LogP contribution in [0.4, 0.5) is 17.6 Å². The molecule has 0 saturated heterocycles. The number of amides is 1. The standard InChI is InChI=1S/C29H20F4N4O3/c30-23-11-7-19(8-12-23)21-14-24(27(38)34-15-18-1-5-20(6-2-18)28(39)40)26-25(35-36-37(26)16-21)13-17-3-9-22(10-4-17)29(31,32)33/h1-12,14,16H,13,15H2,(H,34,38)(H,39,40). The van der Waals surface area contributed by atoms with Crippen LogP contribution in [0.3, 0.4) is 0 Å². The molecule has 0 aliphatic carbocycles. The number of rotatable bonds is 7. The molecule has 5 aromatic rings. The summed E-state index contributed by atoms with van der Waals surface area (Å²) in [5.74, 6) is -1.96. The van der Waals surface area contributed by atoms with Gasteiger partial charge in [-0.2, -0.15) is 13.2 Å². The van der Waals surface area contributed by atoms with E-state index in [0.29, 0.717) is 33.5 Å². The van der Waals surface area contributed by atoms with E-state index in [9.17, 15) is 27.2 Å². The van der Waals surface area contributed by atoms with Crippen molar-refractivity contribution in [2.45, 2.75) is 19.1 Å². The molecule has 7 nitrogen and oxygen atoms in total. The molecule has 2 N–H and O–H groups in total. The van der Waals surface area contributed by atoms with E-state index in [1.165, 1.54) is 40.9 Å². The van der Waals surface area contributed by atoms with E-state index in [0.717, 1.165) is 12.1 Å². The lowest BCUT2D eigenvalue weighted by atomic mass is 10.0. The number of alkyl halides is 3. The molecular weight excluding hydrogens is 528 g/mol. The van der Waals surface area contributed by atoms with Crippen LogP contribution in [0.5, 0.6) is 0 Å². The number of carbonyl (C=O) groups excluding carboxylic acids is 1. The van der Waals surface area contributed by atoms with Crippen LogP contribution in [-0.4, -0.2) is 31.8 Å². The van der Waals surface area contributed by atoms with Gasteiger partial charge < -0.3 is 10.4 Å². The third-order valence-electron chi connectivity index (χ3n) is 6.31. The summed E-state index contributed by atoms with van der Waals surface area (Å²) in [4.78, 5) is 24.5. The molecule has 202 valence electrons. The molecule has 0 aliphatic rings. The second kappa shape index (κ2) is 10.6. The number of aromatic carboxylic acids is 1. The van der Waals surface area contributed by atoms with Gasteiger partial charge in [0.25, 0.3) is 5.91 Å². The lowest BCUT2D eigenvalue weighted by Crippen LogP contribution is -2.24. The van der Waals surface area contributed by atoms with E-state index in [-0.39, 0.29) is 24.1 Å². The number of nitrogens with one attached hydrogen (secondary N) is 1. The summed E-state index contributed by atoms with van der Waals surface area (Å²) < 4.78 is 53.9. The highest BCUT2D eigenvalue weighted by molar-refractivity contribution is 6.02. The normalized spacial score (nSPS) is 11.5. The number of carboxylic acids is 1. The van der Waals surface area contributed by atoms with Gasteiger partial charge in [-0.1, -0.05) is 41.6 Å². The molecule has 0 aliphatic heterocycles. The first-order chi connectivity index (χ1) is 19.1. The molecule has 0 spiro atoms. The van der Waals surface area contributed by atoms with Crippen molar-refractivity contribution in [2.75, 3.05) is 0 Å². The van der Waals surface area contributed by atoms with Gasteiger partial charge in [0.05, 0.1) is 22.4 Å². The minimum absolute atomic E-state index is 0.0987. The zero-order chi connectivity index (χ0) is 28.4. The van der Waals surface area contributed by atoms with Crippen LogP contribution < -0.4 is 5.32 Å². The highest BCUT2D eigenvalue weighted by Gasteiger charge is 2.30. The minimum Gasteiger partial charge on any atom is -0.478 e. The number of fused-ring (bicyclic) bond motifs is 1. The van der Waals surface area contributed by atoms with Gasteiger partial charge in [0.1, 0.15) is 11.3 Å². The third kappa shape index (κ3) is 5.68. The highest BCUT2D eigenvalue weighted by Crippen LogP contribution is 2.30. The van der Waals surface area contributed by atoms with Gasteiger partial charge in [0.15, 0.2) is 0 Å². The SMILES string of the molecule is O=C(O)c1ccc(CNC(=O)c2cc(-c3ccc(F)cc3)cn3nnc(Cc4ccc(C(F)(F)F)cc4)c23)cc1. The van der Waals surface area contributed by atoms with Crippen molar-refractivity contribution in [3.05, 3.63) is 124 Å². The Morgan fingerprint density at radius 3 is 2.15 bits per heavy atom. The van der Waals surface area contributed by atoms with Crippen molar-refractivity contribution < 1.29 is 32.3 Å². The molecule has 11 heteroatoms. The Bertz CT molecular complexity index is 1700. The Morgan fingerprint density at radius 1 is 0.875 bits per heavy atom. The summed E-state index contributed by atoms with van der Waals surface area (Å²) in [7, 11) is 0. The maximum Gasteiger partial charge on any atom is 0.416 e. The smallest absolute Gasteiger partial charge is 0.416 e. The zero-order valence-electron chi connectivity index (χ0n) is 20.6. The predicted octanol–water partition coefficient (Wildman–Crippen LogP) is 5.77. The molecule has 0 unspecified atom stereocenters. The molecule has 2 heterocycles. The van der Waals surface area contributed by atoms with Crippen molar-refractivity contribution in [1.82, 2.24) is 20.1 Å². The molecule has 3 aromatic carbocycles. The average Bonchev–Trinajstić information content (AvgIpc) is 3.34. The molecule has 0 atom stereocenters. The summed E-state index contributed by atoms with van der Waals surface area (Å²) in [5, 5.41) is 20.2. The summed E-state index contributed by atoms with van der Waals surface area (Å²) in [6.45, 7) is 0.0987. The fourth-order valence-corrected chi connectivity index (χ4v) is 4.23. The number of carbonyl (C=O) groups is 2. The Morgan fingerprint density at radius 2 is 1.52 bits per heavy atom. The van der Waals surface area contributed by atoms with Crippen LogP contribution in [0, 0.1) is 5.82 Å². The van der Waals surface area contributed by atoms with E-state index in [1.807, 2.05) is 0 Å². The van der Waals surface area contributed by atoms with Crippen molar-refractivity contribution in [2.24, 2.45) is 0 Å². The van der Waals surface area contributed by atoms with Gasteiger partial charge in [0, 0.05) is 24.7 Å². The van der Waals surface area contributed by atoms with Crippen LogP contribution in [0.25, 0.3) is 16.6 Å². The molecule has 0 radical (unpaired) electrons. The molecule has 2 aromatic heterocycles. The molecule has 0 saturated carbocycles. The van der Waals surface area contributed by atoms with Crippen molar-refractivity contribution in [3.63, 3.8) is 0 Å². The molecular formula is C29H20F4N4O3.